The van der Waals surface area contributed by atoms with E-state index in [0.29, 0.717) is 11.3 Å². The zero-order valence-corrected chi connectivity index (χ0v) is 14.4. The minimum Gasteiger partial charge on any atom is -0.508 e. The van der Waals surface area contributed by atoms with Crippen LogP contribution in [-0.4, -0.2) is 46.7 Å². The number of nitrogens with zero attached hydrogens (tertiary/aromatic N) is 1. The Bertz CT molecular complexity index is 492. The molecule has 1 aliphatic carbocycles. The Hall–Kier alpha value is -1.36. The third kappa shape index (κ3) is 4.57. The number of aromatic hydroxyl groups is 1. The highest BCUT2D eigenvalue weighted by atomic mass is 32.2. The zero-order chi connectivity index (χ0) is 16.1. The van der Waals surface area contributed by atoms with Crippen LogP contribution in [0.4, 0.5) is 4.79 Å². The molecule has 2 N–H and O–H groups in total. The molecule has 0 aliphatic heterocycles. The third-order valence-corrected chi connectivity index (χ3v) is 5.59. The third-order valence-electron chi connectivity index (χ3n) is 4.49. The van der Waals surface area contributed by atoms with Crippen LogP contribution in [0.5, 0.6) is 5.75 Å². The molecule has 0 unspecified atom stereocenters. The Balaban J connectivity index is 1.83. The number of phenolic OH excluding ortho intramolecular Hbond substituents is 1. The van der Waals surface area contributed by atoms with E-state index in [4.69, 9.17) is 0 Å². The lowest BCUT2D eigenvalue weighted by atomic mass is 10.1. The van der Waals surface area contributed by atoms with Gasteiger partial charge < -0.3 is 15.3 Å². The van der Waals surface area contributed by atoms with Crippen molar-refractivity contribution in [1.82, 2.24) is 10.2 Å². The minimum absolute atomic E-state index is 0.0121. The van der Waals surface area contributed by atoms with Gasteiger partial charge in [0.2, 0.25) is 0 Å². The average Bonchev–Trinajstić information content (AvgIpc) is 2.96. The number of rotatable bonds is 5. The molecule has 1 saturated carbocycles. The Morgan fingerprint density at radius 2 is 2.09 bits per heavy atom. The number of benzene rings is 1. The summed E-state index contributed by atoms with van der Waals surface area (Å²) >= 11 is 1.90. The second-order valence-electron chi connectivity index (χ2n) is 6.15. The molecule has 1 aromatic rings. The zero-order valence-electron chi connectivity index (χ0n) is 13.6. The van der Waals surface area contributed by atoms with Crippen LogP contribution in [0, 0.1) is 0 Å². The number of carbonyl (C=O) groups is 1. The van der Waals surface area contributed by atoms with Crippen LogP contribution in [0.1, 0.15) is 31.7 Å². The molecule has 22 heavy (non-hydrogen) atoms. The minimum atomic E-state index is 0.0121. The largest absolute Gasteiger partial charge is 0.508 e. The molecule has 0 bridgehead atoms. The lowest BCUT2D eigenvalue weighted by Crippen LogP contribution is -2.46. The molecule has 122 valence electrons. The van der Waals surface area contributed by atoms with Crippen LogP contribution in [0.15, 0.2) is 24.3 Å². The summed E-state index contributed by atoms with van der Waals surface area (Å²) in [7, 11) is 1.85. The summed E-state index contributed by atoms with van der Waals surface area (Å²) in [5.74, 6) is 0.270. The van der Waals surface area contributed by atoms with Crippen LogP contribution >= 0.6 is 11.8 Å². The molecule has 0 heterocycles. The molecule has 5 heteroatoms. The van der Waals surface area contributed by atoms with E-state index >= 15 is 0 Å². The second-order valence-corrected chi connectivity index (χ2v) is 7.29. The SMILES string of the molecule is CS[C@@H]1CC[C@H](NC(=O)N(C)[C@H](C)Cc2ccc(O)cc2)C1. The highest BCUT2D eigenvalue weighted by molar-refractivity contribution is 7.99. The van der Waals surface area contributed by atoms with Crippen molar-refractivity contribution in [2.24, 2.45) is 0 Å². The van der Waals surface area contributed by atoms with Gasteiger partial charge in [0.05, 0.1) is 0 Å². The number of amides is 2. The van der Waals surface area contributed by atoms with Gasteiger partial charge >= 0.3 is 6.03 Å². The predicted octanol–water partition coefficient (Wildman–Crippen LogP) is 3.25. The molecule has 0 radical (unpaired) electrons. The lowest BCUT2D eigenvalue weighted by molar-refractivity contribution is 0.190. The molecule has 1 fully saturated rings. The molecule has 3 atom stereocenters. The van der Waals surface area contributed by atoms with E-state index in [1.165, 1.54) is 6.42 Å². The Morgan fingerprint density at radius 1 is 1.41 bits per heavy atom. The van der Waals surface area contributed by atoms with Crippen molar-refractivity contribution in [3.8, 4) is 5.75 Å². The van der Waals surface area contributed by atoms with Crippen molar-refractivity contribution in [1.29, 1.82) is 0 Å². The molecule has 0 saturated heterocycles. The number of hydrogen-bond acceptors (Lipinski definition) is 3. The van der Waals surface area contributed by atoms with Gasteiger partial charge in [0.1, 0.15) is 5.75 Å². The van der Waals surface area contributed by atoms with Gasteiger partial charge in [-0.1, -0.05) is 12.1 Å². The van der Waals surface area contributed by atoms with E-state index in [-0.39, 0.29) is 17.8 Å². The van der Waals surface area contributed by atoms with Crippen molar-refractivity contribution in [3.63, 3.8) is 0 Å². The van der Waals surface area contributed by atoms with Gasteiger partial charge in [0.25, 0.3) is 0 Å². The molecule has 0 spiro atoms. The summed E-state index contributed by atoms with van der Waals surface area (Å²) in [5, 5.41) is 13.2. The molecule has 1 aliphatic rings. The summed E-state index contributed by atoms with van der Waals surface area (Å²) in [5.41, 5.74) is 1.12. The van der Waals surface area contributed by atoms with Gasteiger partial charge in [-0.2, -0.15) is 11.8 Å². The normalized spacial score (nSPS) is 22.3. The molecular weight excluding hydrogens is 296 g/mol. The first-order valence-corrected chi connectivity index (χ1v) is 9.12. The Kier molecular flexibility index (Phi) is 6.00. The van der Waals surface area contributed by atoms with E-state index in [2.05, 4.69) is 11.6 Å². The maximum atomic E-state index is 12.3. The highest BCUT2D eigenvalue weighted by Crippen LogP contribution is 2.28. The number of phenols is 1. The fraction of sp³-hybridized carbons (Fsp3) is 0.588. The summed E-state index contributed by atoms with van der Waals surface area (Å²) in [6.07, 6.45) is 6.27. The first-order chi connectivity index (χ1) is 10.5. The van der Waals surface area contributed by atoms with Crippen molar-refractivity contribution in [2.45, 2.75) is 49.9 Å². The Labute approximate surface area is 137 Å². The fourth-order valence-electron chi connectivity index (χ4n) is 2.87. The summed E-state index contributed by atoms with van der Waals surface area (Å²) in [6.45, 7) is 2.05. The first kappa shape index (κ1) is 17.0. The Morgan fingerprint density at radius 3 is 2.68 bits per heavy atom. The van der Waals surface area contributed by atoms with Crippen molar-refractivity contribution < 1.29 is 9.90 Å². The highest BCUT2D eigenvalue weighted by Gasteiger charge is 2.27. The average molecular weight is 322 g/mol. The van der Waals surface area contributed by atoms with Crippen LogP contribution in [0.3, 0.4) is 0 Å². The standard InChI is InChI=1S/C17H26N2O2S/c1-12(10-13-4-7-15(20)8-5-13)19(2)17(21)18-14-6-9-16(11-14)22-3/h4-5,7-8,12,14,16,20H,6,9-11H2,1-3H3,(H,18,21)/t12-,14+,16-/m1/s1. The molecule has 4 nitrogen and oxygen atoms in total. The van der Waals surface area contributed by atoms with Gasteiger partial charge in [0, 0.05) is 24.4 Å². The number of carbonyl (C=O) groups excluding carboxylic acids is 1. The first-order valence-electron chi connectivity index (χ1n) is 7.83. The predicted molar refractivity (Wildman–Crippen MR) is 92.5 cm³/mol. The van der Waals surface area contributed by atoms with Crippen molar-refractivity contribution in [3.05, 3.63) is 29.8 Å². The number of hydrogen-bond donors (Lipinski definition) is 2. The second kappa shape index (κ2) is 7.77. The van der Waals surface area contributed by atoms with Crippen LogP contribution < -0.4 is 5.32 Å². The van der Waals surface area contributed by atoms with Gasteiger partial charge in [-0.25, -0.2) is 4.79 Å². The molecule has 1 aromatic carbocycles. The van der Waals surface area contributed by atoms with E-state index < -0.39 is 0 Å². The monoisotopic (exact) mass is 322 g/mol. The molecular formula is C17H26N2O2S. The van der Waals surface area contributed by atoms with E-state index in [9.17, 15) is 9.90 Å². The lowest BCUT2D eigenvalue weighted by Gasteiger charge is -2.27. The van der Waals surface area contributed by atoms with E-state index in [1.807, 2.05) is 37.9 Å². The summed E-state index contributed by atoms with van der Waals surface area (Å²) < 4.78 is 0. The summed E-state index contributed by atoms with van der Waals surface area (Å²) in [6, 6.07) is 7.61. The fourth-order valence-corrected chi connectivity index (χ4v) is 3.67. The maximum absolute atomic E-state index is 12.3. The number of likely N-dealkylation sites (N-methyl/N-ethyl adjacent to an activating group) is 1. The summed E-state index contributed by atoms with van der Waals surface area (Å²) in [4.78, 5) is 14.1. The van der Waals surface area contributed by atoms with Gasteiger partial charge in [-0.15, -0.1) is 0 Å². The van der Waals surface area contributed by atoms with Gasteiger partial charge in [-0.3, -0.25) is 0 Å². The van der Waals surface area contributed by atoms with Crippen molar-refractivity contribution in [2.75, 3.05) is 13.3 Å². The topological polar surface area (TPSA) is 52.6 Å². The van der Waals surface area contributed by atoms with Crippen molar-refractivity contribution >= 4 is 17.8 Å². The number of thioether (sulfide) groups is 1. The van der Waals surface area contributed by atoms with E-state index in [1.54, 1.807) is 17.0 Å². The molecule has 2 rings (SSSR count). The van der Waals surface area contributed by atoms with Gasteiger partial charge in [-0.05, 0) is 56.6 Å². The van der Waals surface area contributed by atoms with Crippen LogP contribution in [0.25, 0.3) is 0 Å². The number of urea groups is 1. The van der Waals surface area contributed by atoms with Crippen LogP contribution in [0.2, 0.25) is 0 Å². The number of nitrogens with one attached hydrogen (secondary N) is 1. The molecule has 0 aromatic heterocycles. The maximum Gasteiger partial charge on any atom is 0.317 e. The molecule has 2 amide bonds. The van der Waals surface area contributed by atoms with E-state index in [0.717, 1.165) is 24.8 Å². The quantitative estimate of drug-likeness (QED) is 0.875. The van der Waals surface area contributed by atoms with Gasteiger partial charge in [0.15, 0.2) is 0 Å². The van der Waals surface area contributed by atoms with Crippen LogP contribution in [-0.2, 0) is 6.42 Å². The smallest absolute Gasteiger partial charge is 0.317 e.